The van der Waals surface area contributed by atoms with E-state index in [1.165, 1.54) is 0 Å². The maximum atomic E-state index is 11.9. The van der Waals surface area contributed by atoms with Crippen molar-refractivity contribution in [2.45, 2.75) is 51.5 Å². The van der Waals surface area contributed by atoms with Crippen LogP contribution in [0.2, 0.25) is 0 Å². The van der Waals surface area contributed by atoms with Gasteiger partial charge in [-0.1, -0.05) is 18.6 Å². The number of rotatable bonds is 9. The van der Waals surface area contributed by atoms with Gasteiger partial charge in [0.25, 0.3) is 0 Å². The molecule has 1 saturated carbocycles. The highest BCUT2D eigenvalue weighted by Crippen LogP contribution is 2.27. The zero-order valence-electron chi connectivity index (χ0n) is 13.7. The monoisotopic (exact) mass is 332 g/mol. The summed E-state index contributed by atoms with van der Waals surface area (Å²) in [5, 5.41) is 14.3. The van der Waals surface area contributed by atoms with Gasteiger partial charge in [-0.25, -0.2) is 0 Å². The Balaban J connectivity index is 1.72. The summed E-state index contributed by atoms with van der Waals surface area (Å²) >= 11 is 0. The van der Waals surface area contributed by atoms with Crippen LogP contribution in [0.25, 0.3) is 0 Å². The number of carbonyl (C=O) groups excluding carboxylic acids is 2. The number of hydrogen-bond acceptors (Lipinski definition) is 3. The van der Waals surface area contributed by atoms with Crippen molar-refractivity contribution in [2.75, 3.05) is 5.32 Å². The van der Waals surface area contributed by atoms with Gasteiger partial charge in [0.2, 0.25) is 11.8 Å². The fraction of sp³-hybridized carbons (Fsp3) is 0.500. The first-order chi connectivity index (χ1) is 11.5. The minimum absolute atomic E-state index is 0.0702. The van der Waals surface area contributed by atoms with Crippen LogP contribution in [0.4, 0.5) is 5.69 Å². The van der Waals surface area contributed by atoms with Gasteiger partial charge in [-0.2, -0.15) is 0 Å². The molecule has 6 nitrogen and oxygen atoms in total. The maximum absolute atomic E-state index is 11.9. The number of amides is 2. The number of carboxylic acid groups (broad SMARTS) is 1. The molecule has 0 atom stereocenters. The fourth-order valence-electron chi connectivity index (χ4n) is 2.52. The molecule has 1 fully saturated rings. The van der Waals surface area contributed by atoms with Crippen LogP contribution in [-0.2, 0) is 20.9 Å². The summed E-state index contributed by atoms with van der Waals surface area (Å²) in [5.41, 5.74) is 1.67. The average molecular weight is 332 g/mol. The van der Waals surface area contributed by atoms with Crippen molar-refractivity contribution < 1.29 is 19.5 Å². The number of carbonyl (C=O) groups is 3. The van der Waals surface area contributed by atoms with E-state index in [2.05, 4.69) is 10.6 Å². The van der Waals surface area contributed by atoms with E-state index in [-0.39, 0.29) is 24.2 Å². The molecule has 0 spiro atoms. The Morgan fingerprint density at radius 3 is 2.54 bits per heavy atom. The number of unbranched alkanes of at least 4 members (excludes halogenated alkanes) is 1. The number of aliphatic carboxylic acids is 1. The van der Waals surface area contributed by atoms with Crippen LogP contribution in [0.5, 0.6) is 0 Å². The molecule has 1 aliphatic rings. The van der Waals surface area contributed by atoms with Gasteiger partial charge in [0.1, 0.15) is 0 Å². The molecule has 0 heterocycles. The van der Waals surface area contributed by atoms with Gasteiger partial charge >= 0.3 is 5.97 Å². The van der Waals surface area contributed by atoms with Gasteiger partial charge in [-0.15, -0.1) is 0 Å². The van der Waals surface area contributed by atoms with Crippen molar-refractivity contribution in [3.05, 3.63) is 29.8 Å². The molecule has 0 aromatic heterocycles. The SMILES string of the molecule is O=C(O)CCCCC(=O)NCc1cccc(NC(=O)C2CCC2)c1. The predicted octanol–water partition coefficient (Wildman–Crippen LogP) is 2.69. The Bertz CT molecular complexity index is 596. The number of anilines is 1. The van der Waals surface area contributed by atoms with E-state index in [4.69, 9.17) is 5.11 Å². The molecule has 2 rings (SSSR count). The van der Waals surface area contributed by atoms with Gasteiger partial charge in [-0.05, 0) is 43.4 Å². The highest BCUT2D eigenvalue weighted by Gasteiger charge is 2.25. The molecule has 0 saturated heterocycles. The lowest BCUT2D eigenvalue weighted by molar-refractivity contribution is -0.137. The molecule has 24 heavy (non-hydrogen) atoms. The number of benzene rings is 1. The van der Waals surface area contributed by atoms with Crippen LogP contribution in [0, 0.1) is 5.92 Å². The lowest BCUT2D eigenvalue weighted by Gasteiger charge is -2.24. The molecular formula is C18H24N2O4. The zero-order chi connectivity index (χ0) is 17.4. The first-order valence-electron chi connectivity index (χ1n) is 8.43. The molecule has 0 unspecified atom stereocenters. The summed E-state index contributed by atoms with van der Waals surface area (Å²) in [7, 11) is 0. The van der Waals surface area contributed by atoms with Gasteiger partial charge in [-0.3, -0.25) is 14.4 Å². The molecule has 0 radical (unpaired) electrons. The molecule has 1 aliphatic carbocycles. The Labute approximate surface area is 141 Å². The highest BCUT2D eigenvalue weighted by atomic mass is 16.4. The van der Waals surface area contributed by atoms with E-state index in [9.17, 15) is 14.4 Å². The molecule has 1 aromatic rings. The quantitative estimate of drug-likeness (QED) is 0.606. The Morgan fingerprint density at radius 1 is 1.12 bits per heavy atom. The first kappa shape index (κ1) is 18.0. The van der Waals surface area contributed by atoms with Crippen molar-refractivity contribution >= 4 is 23.5 Å². The van der Waals surface area contributed by atoms with E-state index >= 15 is 0 Å². The van der Waals surface area contributed by atoms with Gasteiger partial charge in [0.15, 0.2) is 0 Å². The van der Waals surface area contributed by atoms with Crippen LogP contribution < -0.4 is 10.6 Å². The average Bonchev–Trinajstić information content (AvgIpc) is 2.48. The van der Waals surface area contributed by atoms with Gasteiger partial charge in [0, 0.05) is 31.0 Å². The molecule has 3 N–H and O–H groups in total. The minimum Gasteiger partial charge on any atom is -0.481 e. The first-order valence-corrected chi connectivity index (χ1v) is 8.43. The Morgan fingerprint density at radius 2 is 1.88 bits per heavy atom. The highest BCUT2D eigenvalue weighted by molar-refractivity contribution is 5.93. The Kier molecular flexibility index (Phi) is 6.78. The summed E-state index contributed by atoms with van der Waals surface area (Å²) in [5.74, 6) is -0.722. The molecular weight excluding hydrogens is 308 g/mol. The largest absolute Gasteiger partial charge is 0.481 e. The van der Waals surface area contributed by atoms with Crippen LogP contribution in [0.1, 0.15) is 50.5 Å². The van der Waals surface area contributed by atoms with Crippen LogP contribution >= 0.6 is 0 Å². The van der Waals surface area contributed by atoms with E-state index in [1.807, 2.05) is 24.3 Å². The second kappa shape index (κ2) is 9.05. The second-order valence-electron chi connectivity index (χ2n) is 6.20. The summed E-state index contributed by atoms with van der Waals surface area (Å²) in [6.45, 7) is 0.394. The van der Waals surface area contributed by atoms with Crippen LogP contribution in [0.15, 0.2) is 24.3 Å². The number of hydrogen-bond donors (Lipinski definition) is 3. The summed E-state index contributed by atoms with van der Waals surface area (Å²) < 4.78 is 0. The molecule has 2 amide bonds. The van der Waals surface area contributed by atoms with E-state index in [1.54, 1.807) is 0 Å². The zero-order valence-corrected chi connectivity index (χ0v) is 13.7. The van der Waals surface area contributed by atoms with Crippen molar-refractivity contribution in [1.82, 2.24) is 5.32 Å². The van der Waals surface area contributed by atoms with Crippen molar-refractivity contribution in [3.8, 4) is 0 Å². The maximum Gasteiger partial charge on any atom is 0.303 e. The Hall–Kier alpha value is -2.37. The molecule has 0 aliphatic heterocycles. The van der Waals surface area contributed by atoms with Gasteiger partial charge in [0.05, 0.1) is 0 Å². The smallest absolute Gasteiger partial charge is 0.303 e. The second-order valence-corrected chi connectivity index (χ2v) is 6.20. The number of nitrogens with one attached hydrogen (secondary N) is 2. The number of carboxylic acids is 1. The van der Waals surface area contributed by atoms with E-state index in [0.717, 1.165) is 30.5 Å². The van der Waals surface area contributed by atoms with E-state index in [0.29, 0.717) is 25.8 Å². The standard InChI is InChI=1S/C18H24N2O4/c21-16(9-1-2-10-17(22)23)19-12-13-5-3-8-15(11-13)20-18(24)14-6-4-7-14/h3,5,8,11,14H,1-2,4,6-7,9-10,12H2,(H,19,21)(H,20,24)(H,22,23). The van der Waals surface area contributed by atoms with Crippen LogP contribution in [0.3, 0.4) is 0 Å². The summed E-state index contributed by atoms with van der Waals surface area (Å²) in [6, 6.07) is 7.45. The summed E-state index contributed by atoms with van der Waals surface area (Å²) in [6.07, 6.45) is 4.53. The third-order valence-corrected chi connectivity index (χ3v) is 4.20. The third-order valence-electron chi connectivity index (χ3n) is 4.20. The van der Waals surface area contributed by atoms with Crippen molar-refractivity contribution in [1.29, 1.82) is 0 Å². The van der Waals surface area contributed by atoms with Gasteiger partial charge < -0.3 is 15.7 Å². The molecule has 0 bridgehead atoms. The minimum atomic E-state index is -0.837. The molecule has 130 valence electrons. The predicted molar refractivity (Wildman–Crippen MR) is 90.4 cm³/mol. The lowest BCUT2D eigenvalue weighted by Crippen LogP contribution is -2.28. The van der Waals surface area contributed by atoms with Crippen molar-refractivity contribution in [3.63, 3.8) is 0 Å². The molecule has 6 heteroatoms. The van der Waals surface area contributed by atoms with Crippen molar-refractivity contribution in [2.24, 2.45) is 5.92 Å². The third kappa shape index (κ3) is 6.02. The van der Waals surface area contributed by atoms with Crippen LogP contribution in [-0.4, -0.2) is 22.9 Å². The normalized spacial score (nSPS) is 13.8. The summed E-state index contributed by atoms with van der Waals surface area (Å²) in [4.78, 5) is 34.1. The topological polar surface area (TPSA) is 95.5 Å². The fourth-order valence-corrected chi connectivity index (χ4v) is 2.52. The lowest BCUT2D eigenvalue weighted by atomic mass is 9.85. The molecule has 1 aromatic carbocycles. The van der Waals surface area contributed by atoms with E-state index < -0.39 is 5.97 Å².